The Morgan fingerprint density at radius 2 is 2.04 bits per heavy atom. The monoisotopic (exact) mass is 389 g/mol. The summed E-state index contributed by atoms with van der Waals surface area (Å²) in [6.45, 7) is 1.01. The second-order valence-corrected chi connectivity index (χ2v) is 7.13. The van der Waals surface area contributed by atoms with E-state index in [1.807, 2.05) is 0 Å². The van der Waals surface area contributed by atoms with Crippen LogP contribution in [-0.4, -0.2) is 45.7 Å². The van der Waals surface area contributed by atoms with E-state index in [2.05, 4.69) is 15.3 Å². The highest BCUT2D eigenvalue weighted by molar-refractivity contribution is 7.14. The van der Waals surface area contributed by atoms with Gasteiger partial charge in [-0.3, -0.25) is 24.5 Å². The van der Waals surface area contributed by atoms with Crippen molar-refractivity contribution in [1.82, 2.24) is 14.9 Å². The Hall–Kier alpha value is -3.01. The zero-order valence-electron chi connectivity index (χ0n) is 14.4. The van der Waals surface area contributed by atoms with Crippen LogP contribution in [0.25, 0.3) is 0 Å². The van der Waals surface area contributed by atoms with Gasteiger partial charge in [-0.1, -0.05) is 0 Å². The molecule has 0 atom stereocenters. The smallest absolute Gasteiger partial charge is 0.258 e. The van der Waals surface area contributed by atoms with Crippen molar-refractivity contribution in [3.05, 3.63) is 45.3 Å². The topological polar surface area (TPSA) is 138 Å². The van der Waals surface area contributed by atoms with Crippen molar-refractivity contribution < 1.29 is 14.4 Å². The lowest BCUT2D eigenvalue weighted by molar-refractivity contribution is -0.134. The maximum atomic E-state index is 12.4. The van der Waals surface area contributed by atoms with Crippen molar-refractivity contribution in [3.63, 3.8) is 0 Å². The SMILES string of the molecule is NC(=O)C1CCN(C(=O)Cc2csc(NC(=O)c3ccc(=O)[nH]c3)n2)CC1. The van der Waals surface area contributed by atoms with Gasteiger partial charge in [0, 0.05) is 36.7 Å². The predicted molar refractivity (Wildman–Crippen MR) is 99.3 cm³/mol. The normalized spacial score (nSPS) is 14.7. The molecule has 1 aliphatic rings. The number of carbonyl (C=O) groups is 3. The van der Waals surface area contributed by atoms with Crippen LogP contribution in [0.4, 0.5) is 5.13 Å². The van der Waals surface area contributed by atoms with Crippen LogP contribution in [0.3, 0.4) is 0 Å². The summed E-state index contributed by atoms with van der Waals surface area (Å²) in [7, 11) is 0. The van der Waals surface area contributed by atoms with Crippen molar-refractivity contribution in [3.8, 4) is 0 Å². The molecule has 0 unspecified atom stereocenters. The molecule has 4 N–H and O–H groups in total. The lowest BCUT2D eigenvalue weighted by Crippen LogP contribution is -2.42. The maximum absolute atomic E-state index is 12.4. The number of primary amides is 1. The van der Waals surface area contributed by atoms with Gasteiger partial charge in [0.25, 0.3) is 5.91 Å². The zero-order valence-corrected chi connectivity index (χ0v) is 15.3. The van der Waals surface area contributed by atoms with E-state index in [4.69, 9.17) is 5.73 Å². The maximum Gasteiger partial charge on any atom is 0.258 e. The van der Waals surface area contributed by atoms with Gasteiger partial charge in [-0.2, -0.15) is 0 Å². The lowest BCUT2D eigenvalue weighted by atomic mass is 9.96. The minimum atomic E-state index is -0.396. The number of likely N-dealkylation sites (tertiary alicyclic amines) is 1. The van der Waals surface area contributed by atoms with E-state index in [1.54, 1.807) is 10.3 Å². The number of pyridine rings is 1. The van der Waals surface area contributed by atoms with Crippen LogP contribution >= 0.6 is 11.3 Å². The molecule has 1 aliphatic heterocycles. The first-order valence-corrected chi connectivity index (χ1v) is 9.32. The molecule has 3 heterocycles. The number of nitrogens with two attached hydrogens (primary N) is 1. The highest BCUT2D eigenvalue weighted by Gasteiger charge is 2.26. The van der Waals surface area contributed by atoms with Gasteiger partial charge < -0.3 is 15.6 Å². The third-order valence-corrected chi connectivity index (χ3v) is 5.21. The summed E-state index contributed by atoms with van der Waals surface area (Å²) < 4.78 is 0. The fraction of sp³-hybridized carbons (Fsp3) is 0.353. The Bertz CT molecular complexity index is 894. The van der Waals surface area contributed by atoms with E-state index >= 15 is 0 Å². The molecule has 1 fully saturated rings. The van der Waals surface area contributed by atoms with Crippen molar-refractivity contribution >= 4 is 34.2 Å². The van der Waals surface area contributed by atoms with Gasteiger partial charge in [0.1, 0.15) is 0 Å². The highest BCUT2D eigenvalue weighted by Crippen LogP contribution is 2.20. The molecule has 0 radical (unpaired) electrons. The molecule has 3 rings (SSSR count). The quantitative estimate of drug-likeness (QED) is 0.677. The van der Waals surface area contributed by atoms with E-state index in [1.165, 1.54) is 29.7 Å². The first kappa shape index (κ1) is 18.8. The zero-order chi connectivity index (χ0) is 19.4. The van der Waals surface area contributed by atoms with Crippen LogP contribution in [0.2, 0.25) is 0 Å². The molecule has 0 aromatic carbocycles. The number of nitrogens with one attached hydrogen (secondary N) is 2. The summed E-state index contributed by atoms with van der Waals surface area (Å²) in [5, 5.41) is 4.73. The number of thiazole rings is 1. The van der Waals surface area contributed by atoms with E-state index in [-0.39, 0.29) is 29.7 Å². The largest absolute Gasteiger partial charge is 0.369 e. The summed E-state index contributed by atoms with van der Waals surface area (Å²) in [5.74, 6) is -0.943. The second-order valence-electron chi connectivity index (χ2n) is 6.27. The molecule has 142 valence electrons. The fourth-order valence-electron chi connectivity index (χ4n) is 2.85. The molecular formula is C17H19N5O4S. The Labute approximate surface area is 158 Å². The van der Waals surface area contributed by atoms with E-state index < -0.39 is 5.91 Å². The number of nitrogens with zero attached hydrogens (tertiary/aromatic N) is 2. The summed E-state index contributed by atoms with van der Waals surface area (Å²) in [6.07, 6.45) is 2.62. The number of H-pyrrole nitrogens is 1. The minimum Gasteiger partial charge on any atom is -0.369 e. The van der Waals surface area contributed by atoms with Crippen LogP contribution in [0.5, 0.6) is 0 Å². The van der Waals surface area contributed by atoms with Crippen LogP contribution in [0.1, 0.15) is 28.9 Å². The van der Waals surface area contributed by atoms with Crippen LogP contribution in [0, 0.1) is 5.92 Å². The van der Waals surface area contributed by atoms with E-state index in [0.717, 1.165) is 0 Å². The average Bonchev–Trinajstić information content (AvgIpc) is 3.09. The molecule has 0 spiro atoms. The number of rotatable bonds is 5. The van der Waals surface area contributed by atoms with Gasteiger partial charge in [-0.15, -0.1) is 11.3 Å². The molecule has 3 amide bonds. The lowest BCUT2D eigenvalue weighted by Gasteiger charge is -2.30. The Balaban J connectivity index is 1.54. The van der Waals surface area contributed by atoms with Crippen molar-refractivity contribution in [2.24, 2.45) is 11.7 Å². The number of carbonyl (C=O) groups excluding carboxylic acids is 3. The number of amides is 3. The Morgan fingerprint density at radius 3 is 2.67 bits per heavy atom. The van der Waals surface area contributed by atoms with Crippen LogP contribution in [0.15, 0.2) is 28.5 Å². The number of anilines is 1. The standard InChI is InChI=1S/C17H19N5O4S/c18-15(25)10-3-5-22(6-4-10)14(24)7-12-9-27-17(20-12)21-16(26)11-1-2-13(23)19-8-11/h1-2,8-10H,3-7H2,(H2,18,25)(H,19,23)(H,20,21,26). The summed E-state index contributed by atoms with van der Waals surface area (Å²) in [6, 6.07) is 2.68. The third-order valence-electron chi connectivity index (χ3n) is 4.40. The Kier molecular flexibility index (Phi) is 5.65. The molecule has 0 bridgehead atoms. The van der Waals surface area contributed by atoms with Crippen molar-refractivity contribution in [1.29, 1.82) is 0 Å². The Morgan fingerprint density at radius 1 is 1.30 bits per heavy atom. The molecule has 10 heteroatoms. The first-order chi connectivity index (χ1) is 12.9. The second kappa shape index (κ2) is 8.12. The van der Waals surface area contributed by atoms with Gasteiger partial charge in [0.15, 0.2) is 5.13 Å². The van der Waals surface area contributed by atoms with Crippen molar-refractivity contribution in [2.45, 2.75) is 19.3 Å². The number of aromatic amines is 1. The number of aromatic nitrogens is 2. The minimum absolute atomic E-state index is 0.0678. The molecule has 2 aromatic heterocycles. The number of hydrogen-bond acceptors (Lipinski definition) is 6. The van der Waals surface area contributed by atoms with Gasteiger partial charge in [0.05, 0.1) is 17.7 Å². The van der Waals surface area contributed by atoms with Crippen molar-refractivity contribution in [2.75, 3.05) is 18.4 Å². The predicted octanol–water partition coefficient (Wildman–Crippen LogP) is 0.350. The van der Waals surface area contributed by atoms with E-state index in [9.17, 15) is 19.2 Å². The third kappa shape index (κ3) is 4.79. The molecule has 0 aliphatic carbocycles. The van der Waals surface area contributed by atoms with Gasteiger partial charge in [-0.05, 0) is 18.9 Å². The number of piperidine rings is 1. The van der Waals surface area contributed by atoms with Gasteiger partial charge in [-0.25, -0.2) is 4.98 Å². The summed E-state index contributed by atoms with van der Waals surface area (Å²) in [4.78, 5) is 55.1. The summed E-state index contributed by atoms with van der Waals surface area (Å²) in [5.41, 5.74) is 5.88. The average molecular weight is 389 g/mol. The first-order valence-electron chi connectivity index (χ1n) is 8.44. The van der Waals surface area contributed by atoms with Gasteiger partial charge in [0.2, 0.25) is 17.4 Å². The molecule has 2 aromatic rings. The van der Waals surface area contributed by atoms with Crippen LogP contribution in [-0.2, 0) is 16.0 Å². The summed E-state index contributed by atoms with van der Waals surface area (Å²) >= 11 is 1.22. The highest BCUT2D eigenvalue weighted by atomic mass is 32.1. The number of hydrogen-bond donors (Lipinski definition) is 3. The molecular weight excluding hydrogens is 370 g/mol. The van der Waals surface area contributed by atoms with Crippen LogP contribution < -0.4 is 16.6 Å². The van der Waals surface area contributed by atoms with Gasteiger partial charge >= 0.3 is 0 Å². The molecule has 1 saturated heterocycles. The fourth-order valence-corrected chi connectivity index (χ4v) is 3.55. The molecule has 9 nitrogen and oxygen atoms in total. The van der Waals surface area contributed by atoms with E-state index in [0.29, 0.717) is 42.3 Å². The molecule has 0 saturated carbocycles. The molecule has 27 heavy (non-hydrogen) atoms.